The number of nitro groups is 1. The van der Waals surface area contributed by atoms with Crippen LogP contribution in [-0.4, -0.2) is 11.0 Å². The lowest BCUT2D eigenvalue weighted by molar-refractivity contribution is -0.383. The van der Waals surface area contributed by atoms with Gasteiger partial charge in [0.2, 0.25) is 0 Å². The molecule has 0 bridgehead atoms. The lowest BCUT2D eigenvalue weighted by Gasteiger charge is -2.38. The fourth-order valence-corrected chi connectivity index (χ4v) is 3.31. The SMILES string of the molecule is CC1CC(Oc2ccc([N+](=O)[O-])c(N)c2)CC(C)(C)C1. The van der Waals surface area contributed by atoms with Crippen LogP contribution in [0.25, 0.3) is 0 Å². The van der Waals surface area contributed by atoms with E-state index in [1.54, 1.807) is 12.1 Å². The van der Waals surface area contributed by atoms with E-state index in [1.165, 1.54) is 12.5 Å². The second kappa shape index (κ2) is 5.31. The van der Waals surface area contributed by atoms with E-state index < -0.39 is 4.92 Å². The molecule has 0 heterocycles. The molecular weight excluding hydrogens is 256 g/mol. The van der Waals surface area contributed by atoms with Gasteiger partial charge in [0.05, 0.1) is 11.0 Å². The van der Waals surface area contributed by atoms with Crippen LogP contribution in [0.5, 0.6) is 5.75 Å². The summed E-state index contributed by atoms with van der Waals surface area (Å²) in [4.78, 5) is 10.3. The fraction of sp³-hybridized carbons (Fsp3) is 0.600. The van der Waals surface area contributed by atoms with Gasteiger partial charge in [-0.05, 0) is 36.7 Å². The van der Waals surface area contributed by atoms with Crippen LogP contribution in [0.15, 0.2) is 18.2 Å². The van der Waals surface area contributed by atoms with Crippen LogP contribution in [0.4, 0.5) is 11.4 Å². The van der Waals surface area contributed by atoms with Crippen LogP contribution in [0.1, 0.15) is 40.0 Å². The maximum Gasteiger partial charge on any atom is 0.292 e. The molecule has 1 aromatic rings. The Bertz CT molecular complexity index is 514. The minimum Gasteiger partial charge on any atom is -0.490 e. The minimum atomic E-state index is -0.481. The summed E-state index contributed by atoms with van der Waals surface area (Å²) >= 11 is 0. The molecule has 0 radical (unpaired) electrons. The van der Waals surface area contributed by atoms with Crippen molar-refractivity contribution in [3.05, 3.63) is 28.3 Å². The number of rotatable bonds is 3. The summed E-state index contributed by atoms with van der Waals surface area (Å²) in [6.07, 6.45) is 3.36. The van der Waals surface area contributed by atoms with Crippen LogP contribution in [-0.2, 0) is 0 Å². The molecule has 2 rings (SSSR count). The molecule has 1 saturated carbocycles. The molecule has 0 saturated heterocycles. The van der Waals surface area contributed by atoms with Gasteiger partial charge in [0.1, 0.15) is 11.4 Å². The molecule has 1 aliphatic carbocycles. The Balaban J connectivity index is 2.10. The Hall–Kier alpha value is -1.78. The Kier molecular flexibility index (Phi) is 3.88. The Morgan fingerprint density at radius 2 is 2.10 bits per heavy atom. The van der Waals surface area contributed by atoms with E-state index in [9.17, 15) is 10.1 Å². The largest absolute Gasteiger partial charge is 0.490 e. The first-order chi connectivity index (χ1) is 9.27. The highest BCUT2D eigenvalue weighted by atomic mass is 16.6. The zero-order chi connectivity index (χ0) is 14.9. The molecule has 20 heavy (non-hydrogen) atoms. The molecule has 1 aliphatic rings. The molecule has 0 aromatic heterocycles. The zero-order valence-corrected chi connectivity index (χ0v) is 12.3. The maximum absolute atomic E-state index is 10.7. The normalized spacial score (nSPS) is 25.1. The van der Waals surface area contributed by atoms with Gasteiger partial charge in [-0.15, -0.1) is 0 Å². The van der Waals surface area contributed by atoms with Gasteiger partial charge in [-0.1, -0.05) is 20.8 Å². The number of ether oxygens (including phenoxy) is 1. The van der Waals surface area contributed by atoms with Crippen LogP contribution in [0.3, 0.4) is 0 Å². The Morgan fingerprint density at radius 1 is 1.40 bits per heavy atom. The minimum absolute atomic E-state index is 0.0744. The van der Waals surface area contributed by atoms with Crippen LogP contribution in [0, 0.1) is 21.4 Å². The van der Waals surface area contributed by atoms with E-state index in [0.717, 1.165) is 12.8 Å². The number of nitrogens with zero attached hydrogens (tertiary/aromatic N) is 1. The van der Waals surface area contributed by atoms with Crippen molar-refractivity contribution in [1.82, 2.24) is 0 Å². The van der Waals surface area contributed by atoms with Gasteiger partial charge >= 0.3 is 0 Å². The second-order valence-corrected chi connectivity index (χ2v) is 6.63. The first kappa shape index (κ1) is 14.6. The first-order valence-electron chi connectivity index (χ1n) is 6.97. The number of nitro benzene ring substituents is 1. The number of anilines is 1. The van der Waals surface area contributed by atoms with Gasteiger partial charge in [0, 0.05) is 12.1 Å². The summed E-state index contributed by atoms with van der Waals surface area (Å²) in [5, 5.41) is 10.7. The van der Waals surface area contributed by atoms with Gasteiger partial charge in [0.25, 0.3) is 5.69 Å². The molecule has 5 heteroatoms. The second-order valence-electron chi connectivity index (χ2n) is 6.63. The number of nitrogens with two attached hydrogens (primary N) is 1. The van der Waals surface area contributed by atoms with E-state index in [4.69, 9.17) is 10.5 Å². The summed E-state index contributed by atoms with van der Waals surface area (Å²) in [5.41, 5.74) is 6.03. The molecule has 1 fully saturated rings. The van der Waals surface area contributed by atoms with E-state index >= 15 is 0 Å². The smallest absolute Gasteiger partial charge is 0.292 e. The van der Waals surface area contributed by atoms with Crippen molar-refractivity contribution >= 4 is 11.4 Å². The quantitative estimate of drug-likeness (QED) is 0.518. The average Bonchev–Trinajstić information content (AvgIpc) is 2.25. The molecule has 2 atom stereocenters. The summed E-state index contributed by atoms with van der Waals surface area (Å²) < 4.78 is 5.97. The third kappa shape index (κ3) is 3.40. The van der Waals surface area contributed by atoms with Gasteiger partial charge in [-0.2, -0.15) is 0 Å². The Labute approximate surface area is 119 Å². The van der Waals surface area contributed by atoms with Gasteiger partial charge in [-0.3, -0.25) is 10.1 Å². The third-order valence-electron chi connectivity index (χ3n) is 3.85. The summed E-state index contributed by atoms with van der Waals surface area (Å²) in [6.45, 7) is 6.74. The lowest BCUT2D eigenvalue weighted by atomic mass is 9.71. The van der Waals surface area contributed by atoms with E-state index in [2.05, 4.69) is 20.8 Å². The number of hydrogen-bond donors (Lipinski definition) is 1. The molecule has 1 aromatic carbocycles. The molecule has 2 N–H and O–H groups in total. The lowest BCUT2D eigenvalue weighted by Crippen LogP contribution is -2.34. The Morgan fingerprint density at radius 3 is 2.65 bits per heavy atom. The van der Waals surface area contributed by atoms with Crippen molar-refractivity contribution in [3.8, 4) is 5.75 Å². The summed E-state index contributed by atoms with van der Waals surface area (Å²) in [5.74, 6) is 1.24. The summed E-state index contributed by atoms with van der Waals surface area (Å²) in [7, 11) is 0. The van der Waals surface area contributed by atoms with Crippen molar-refractivity contribution < 1.29 is 9.66 Å². The third-order valence-corrected chi connectivity index (χ3v) is 3.85. The highest BCUT2D eigenvalue weighted by molar-refractivity contribution is 5.60. The molecule has 0 spiro atoms. The monoisotopic (exact) mass is 278 g/mol. The predicted molar refractivity (Wildman–Crippen MR) is 78.7 cm³/mol. The van der Waals surface area contributed by atoms with Crippen molar-refractivity contribution in [1.29, 1.82) is 0 Å². The highest BCUT2D eigenvalue weighted by Crippen LogP contribution is 2.40. The standard InChI is InChI=1S/C15H22N2O3/c1-10-6-12(9-15(2,3)8-10)20-11-4-5-14(17(18)19)13(16)7-11/h4-5,7,10,12H,6,8-9,16H2,1-3H3. The zero-order valence-electron chi connectivity index (χ0n) is 12.3. The first-order valence-corrected chi connectivity index (χ1v) is 6.97. The van der Waals surface area contributed by atoms with Crippen LogP contribution < -0.4 is 10.5 Å². The molecule has 2 unspecified atom stereocenters. The highest BCUT2D eigenvalue weighted by Gasteiger charge is 2.33. The van der Waals surface area contributed by atoms with Crippen molar-refractivity contribution in [2.45, 2.75) is 46.1 Å². The molecular formula is C15H22N2O3. The van der Waals surface area contributed by atoms with Crippen molar-refractivity contribution in [2.75, 3.05) is 5.73 Å². The number of hydrogen-bond acceptors (Lipinski definition) is 4. The van der Waals surface area contributed by atoms with E-state index in [0.29, 0.717) is 11.7 Å². The maximum atomic E-state index is 10.7. The van der Waals surface area contributed by atoms with Crippen LogP contribution in [0.2, 0.25) is 0 Å². The van der Waals surface area contributed by atoms with Gasteiger partial charge < -0.3 is 10.5 Å². The molecule has 0 aliphatic heterocycles. The van der Waals surface area contributed by atoms with Gasteiger partial charge in [0.15, 0.2) is 0 Å². The fourth-order valence-electron chi connectivity index (χ4n) is 3.31. The van der Waals surface area contributed by atoms with E-state index in [-0.39, 0.29) is 22.9 Å². The predicted octanol–water partition coefficient (Wildman–Crippen LogP) is 3.77. The van der Waals surface area contributed by atoms with Crippen LogP contribution >= 0.6 is 0 Å². The molecule has 0 amide bonds. The van der Waals surface area contributed by atoms with Gasteiger partial charge in [-0.25, -0.2) is 0 Å². The topological polar surface area (TPSA) is 78.4 Å². The van der Waals surface area contributed by atoms with Crippen molar-refractivity contribution in [3.63, 3.8) is 0 Å². The molecule has 110 valence electrons. The molecule has 5 nitrogen and oxygen atoms in total. The number of nitrogen functional groups attached to an aromatic ring is 1. The average molecular weight is 278 g/mol. The summed E-state index contributed by atoms with van der Waals surface area (Å²) in [6, 6.07) is 4.58. The van der Waals surface area contributed by atoms with E-state index in [1.807, 2.05) is 0 Å². The number of benzene rings is 1. The van der Waals surface area contributed by atoms with Crippen molar-refractivity contribution in [2.24, 2.45) is 11.3 Å².